The van der Waals surface area contributed by atoms with Gasteiger partial charge in [0.1, 0.15) is 11.8 Å². The number of carbonyl (C=O) groups is 1. The Bertz CT molecular complexity index is 722. The predicted molar refractivity (Wildman–Crippen MR) is 92.7 cm³/mol. The zero-order valence-electron chi connectivity index (χ0n) is 14.7. The number of benzene rings is 1. The first-order valence-corrected chi connectivity index (χ1v) is 7.71. The van der Waals surface area contributed by atoms with Crippen molar-refractivity contribution in [3.8, 4) is 17.6 Å². The van der Waals surface area contributed by atoms with Crippen molar-refractivity contribution in [1.82, 2.24) is 4.90 Å². The van der Waals surface area contributed by atoms with E-state index in [0.29, 0.717) is 19.5 Å². The molecule has 0 aromatic heterocycles. The predicted octanol–water partition coefficient (Wildman–Crippen LogP) is 3.15. The molecule has 0 radical (unpaired) electrons. The number of hydrogen-bond acceptors (Lipinski definition) is 7. The minimum atomic E-state index is -0.584. The zero-order valence-corrected chi connectivity index (χ0v) is 14.7. The number of ether oxygens (including phenoxy) is 2. The largest absolute Gasteiger partial charge is 0.506 e. The average Bonchev–Trinajstić information content (AvgIpc) is 2.64. The van der Waals surface area contributed by atoms with E-state index >= 15 is 0 Å². The molecule has 134 valence electrons. The standard InChI is InChI=1S/C17H21N3O5/c1-5-7-20(6-2)17(22)12(10-18)15(21)11-8-13(19-23)16(25-4)14(9-11)24-3/h8-9,21H,5-7H2,1-4H3/b15-12-. The van der Waals surface area contributed by atoms with Gasteiger partial charge in [-0.05, 0) is 30.7 Å². The summed E-state index contributed by atoms with van der Waals surface area (Å²) in [6.07, 6.45) is 0.717. The van der Waals surface area contributed by atoms with Crippen LogP contribution in [0.5, 0.6) is 11.5 Å². The second-order valence-electron chi connectivity index (χ2n) is 5.04. The number of aliphatic hydroxyl groups excluding tert-OH is 1. The number of nitrogens with zero attached hydrogens (tertiary/aromatic N) is 3. The fourth-order valence-electron chi connectivity index (χ4n) is 2.33. The van der Waals surface area contributed by atoms with Crippen LogP contribution in [0.15, 0.2) is 22.9 Å². The van der Waals surface area contributed by atoms with Gasteiger partial charge in [0, 0.05) is 18.7 Å². The van der Waals surface area contributed by atoms with E-state index in [0.717, 1.165) is 0 Å². The lowest BCUT2D eigenvalue weighted by atomic mass is 10.1. The van der Waals surface area contributed by atoms with E-state index in [1.165, 1.54) is 31.3 Å². The summed E-state index contributed by atoms with van der Waals surface area (Å²) in [5.41, 5.74) is -0.474. The molecule has 0 atom stereocenters. The summed E-state index contributed by atoms with van der Waals surface area (Å²) >= 11 is 0. The normalized spacial score (nSPS) is 11.2. The Hall–Kier alpha value is -3.08. The van der Waals surface area contributed by atoms with Gasteiger partial charge in [0.2, 0.25) is 0 Å². The highest BCUT2D eigenvalue weighted by Crippen LogP contribution is 2.40. The first kappa shape index (κ1) is 20.0. The molecule has 0 aliphatic carbocycles. The minimum Gasteiger partial charge on any atom is -0.506 e. The van der Waals surface area contributed by atoms with Crippen LogP contribution in [-0.2, 0) is 4.79 Å². The number of hydrogen-bond donors (Lipinski definition) is 1. The van der Waals surface area contributed by atoms with E-state index in [2.05, 4.69) is 5.18 Å². The molecule has 0 unspecified atom stereocenters. The van der Waals surface area contributed by atoms with E-state index in [9.17, 15) is 20.1 Å². The van der Waals surface area contributed by atoms with E-state index in [1.54, 1.807) is 13.0 Å². The van der Waals surface area contributed by atoms with Crippen molar-refractivity contribution in [1.29, 1.82) is 5.26 Å². The van der Waals surface area contributed by atoms with Crippen molar-refractivity contribution in [3.63, 3.8) is 0 Å². The van der Waals surface area contributed by atoms with Crippen LogP contribution in [0.4, 0.5) is 5.69 Å². The highest BCUT2D eigenvalue weighted by atomic mass is 16.5. The summed E-state index contributed by atoms with van der Waals surface area (Å²) in [5, 5.41) is 22.6. The van der Waals surface area contributed by atoms with E-state index in [4.69, 9.17) is 9.47 Å². The third-order valence-corrected chi connectivity index (χ3v) is 3.56. The van der Waals surface area contributed by atoms with Gasteiger partial charge in [0.25, 0.3) is 5.91 Å². The van der Waals surface area contributed by atoms with Gasteiger partial charge in [-0.25, -0.2) is 0 Å². The van der Waals surface area contributed by atoms with Crippen LogP contribution in [0.2, 0.25) is 0 Å². The van der Waals surface area contributed by atoms with Gasteiger partial charge in [0.15, 0.2) is 22.8 Å². The molecule has 1 amide bonds. The van der Waals surface area contributed by atoms with Gasteiger partial charge in [-0.15, -0.1) is 4.91 Å². The van der Waals surface area contributed by atoms with Crippen LogP contribution in [0.3, 0.4) is 0 Å². The van der Waals surface area contributed by atoms with Crippen molar-refractivity contribution in [2.45, 2.75) is 20.3 Å². The molecule has 0 saturated heterocycles. The topological polar surface area (TPSA) is 112 Å². The van der Waals surface area contributed by atoms with E-state index in [-0.39, 0.29) is 22.7 Å². The van der Waals surface area contributed by atoms with Crippen molar-refractivity contribution in [2.24, 2.45) is 5.18 Å². The molecular formula is C17H21N3O5. The minimum absolute atomic E-state index is 0.0599. The van der Waals surface area contributed by atoms with Crippen LogP contribution in [0.1, 0.15) is 25.8 Å². The maximum absolute atomic E-state index is 12.5. The fourth-order valence-corrected chi connectivity index (χ4v) is 2.33. The molecule has 0 saturated carbocycles. The molecule has 8 nitrogen and oxygen atoms in total. The summed E-state index contributed by atoms with van der Waals surface area (Å²) in [5.74, 6) is -0.889. The van der Waals surface area contributed by atoms with Crippen molar-refractivity contribution >= 4 is 17.4 Å². The molecule has 0 spiro atoms. The van der Waals surface area contributed by atoms with Crippen LogP contribution >= 0.6 is 0 Å². The molecule has 0 aliphatic heterocycles. The third kappa shape index (κ3) is 4.26. The Morgan fingerprint density at radius 3 is 2.44 bits per heavy atom. The van der Waals surface area contributed by atoms with Crippen LogP contribution < -0.4 is 9.47 Å². The Kier molecular flexibility index (Phi) is 7.41. The fraction of sp³-hybridized carbons (Fsp3) is 0.412. The summed E-state index contributed by atoms with van der Waals surface area (Å²) in [4.78, 5) is 25.0. The number of methoxy groups -OCH3 is 2. The maximum Gasteiger partial charge on any atom is 0.268 e. The quantitative estimate of drug-likeness (QED) is 0.334. The van der Waals surface area contributed by atoms with Crippen molar-refractivity contribution in [2.75, 3.05) is 27.3 Å². The number of likely N-dealkylation sites (N-methyl/N-ethyl adjacent to an activating group) is 1. The van der Waals surface area contributed by atoms with Crippen LogP contribution in [0.25, 0.3) is 5.76 Å². The molecule has 1 rings (SSSR count). The molecule has 8 heteroatoms. The summed E-state index contributed by atoms with van der Waals surface area (Å²) in [6, 6.07) is 4.33. The van der Waals surface area contributed by atoms with Gasteiger partial charge in [-0.2, -0.15) is 5.26 Å². The highest BCUT2D eigenvalue weighted by Gasteiger charge is 2.23. The molecule has 1 aromatic rings. The van der Waals surface area contributed by atoms with Gasteiger partial charge < -0.3 is 19.5 Å². The average molecular weight is 347 g/mol. The Morgan fingerprint density at radius 2 is 2.00 bits per heavy atom. The summed E-state index contributed by atoms with van der Waals surface area (Å²) in [6.45, 7) is 4.55. The van der Waals surface area contributed by atoms with Gasteiger partial charge in [0.05, 0.1) is 14.2 Å². The number of aliphatic hydroxyl groups is 1. The molecule has 25 heavy (non-hydrogen) atoms. The zero-order chi connectivity index (χ0) is 19.0. The lowest BCUT2D eigenvalue weighted by Crippen LogP contribution is -2.32. The lowest BCUT2D eigenvalue weighted by molar-refractivity contribution is -0.126. The Morgan fingerprint density at radius 1 is 1.32 bits per heavy atom. The maximum atomic E-state index is 12.5. The van der Waals surface area contributed by atoms with Crippen LogP contribution in [0, 0.1) is 16.2 Å². The molecule has 0 aliphatic rings. The van der Waals surface area contributed by atoms with Gasteiger partial charge in [-0.1, -0.05) is 6.92 Å². The SMILES string of the molecule is CCCN(CC)C(=O)/C(C#N)=C(\O)c1cc(N=O)c(OC)c(OC)c1. The molecule has 1 N–H and O–H groups in total. The lowest BCUT2D eigenvalue weighted by Gasteiger charge is -2.20. The number of carbonyl (C=O) groups excluding carboxylic acids is 1. The summed E-state index contributed by atoms with van der Waals surface area (Å²) < 4.78 is 10.2. The third-order valence-electron chi connectivity index (χ3n) is 3.56. The second-order valence-corrected chi connectivity index (χ2v) is 5.04. The van der Waals surface area contributed by atoms with Crippen LogP contribution in [-0.4, -0.2) is 43.2 Å². The molecule has 0 heterocycles. The smallest absolute Gasteiger partial charge is 0.268 e. The number of nitriles is 1. The van der Waals surface area contributed by atoms with Crippen molar-refractivity contribution in [3.05, 3.63) is 28.2 Å². The van der Waals surface area contributed by atoms with Crippen molar-refractivity contribution < 1.29 is 19.4 Å². The van der Waals surface area contributed by atoms with E-state index < -0.39 is 17.2 Å². The monoisotopic (exact) mass is 347 g/mol. The number of nitroso groups, excluding NO2 is 1. The molecule has 0 bridgehead atoms. The molecule has 1 aromatic carbocycles. The number of amides is 1. The number of rotatable bonds is 8. The molecular weight excluding hydrogens is 326 g/mol. The highest BCUT2D eigenvalue weighted by molar-refractivity contribution is 6.03. The Balaban J connectivity index is 3.50. The first-order chi connectivity index (χ1) is 12.0. The molecule has 0 fully saturated rings. The van der Waals surface area contributed by atoms with Gasteiger partial charge >= 0.3 is 0 Å². The second kappa shape index (κ2) is 9.27. The Labute approximate surface area is 146 Å². The van der Waals surface area contributed by atoms with Gasteiger partial charge in [-0.3, -0.25) is 4.79 Å². The first-order valence-electron chi connectivity index (χ1n) is 7.71. The van der Waals surface area contributed by atoms with E-state index in [1.807, 2.05) is 6.92 Å². The summed E-state index contributed by atoms with van der Waals surface area (Å²) in [7, 11) is 2.70.